The number of hydrogen-bond donors (Lipinski definition) is 1. The predicted octanol–water partition coefficient (Wildman–Crippen LogP) is 5.69. The molecule has 0 bridgehead atoms. The Morgan fingerprint density at radius 2 is 1.79 bits per heavy atom. The summed E-state index contributed by atoms with van der Waals surface area (Å²) in [4.78, 5) is 6.19. The minimum atomic E-state index is 0.265. The van der Waals surface area contributed by atoms with E-state index >= 15 is 0 Å². The van der Waals surface area contributed by atoms with Crippen LogP contribution >= 0.6 is 0 Å². The number of ether oxygens (including phenoxy) is 1. The number of rotatable bonds is 5. The Morgan fingerprint density at radius 1 is 1.07 bits per heavy atom. The van der Waals surface area contributed by atoms with Gasteiger partial charge in [-0.15, -0.1) is 0 Å². The smallest absolute Gasteiger partial charge is 0.119 e. The lowest BCUT2D eigenvalue weighted by Gasteiger charge is -2.45. The topological polar surface area (TPSA) is 28.3 Å². The standard InChI is InChI=1S/C25H32N2O/c1-18-22-16-21(28-4)10-11-23(22)26-24(18)20-12-14-25(15-13-20,27(2)3)17-19-8-6-5-7-9-19/h5-11,16,20,26H,12-15,17H2,1-4H3. The number of methoxy groups -OCH3 is 1. The molecule has 4 rings (SSSR count). The summed E-state index contributed by atoms with van der Waals surface area (Å²) in [5.41, 5.74) is 5.75. The van der Waals surface area contributed by atoms with Crippen molar-refractivity contribution in [3.05, 3.63) is 65.4 Å². The molecule has 1 aliphatic rings. The van der Waals surface area contributed by atoms with Crippen molar-refractivity contribution in [1.29, 1.82) is 0 Å². The van der Waals surface area contributed by atoms with Crippen LogP contribution in [0.3, 0.4) is 0 Å². The third-order valence-corrected chi connectivity index (χ3v) is 6.95. The Morgan fingerprint density at radius 3 is 2.43 bits per heavy atom. The van der Waals surface area contributed by atoms with Crippen molar-refractivity contribution in [2.45, 2.75) is 50.5 Å². The van der Waals surface area contributed by atoms with Crippen LogP contribution in [0, 0.1) is 6.92 Å². The molecule has 28 heavy (non-hydrogen) atoms. The molecule has 1 heterocycles. The average molecular weight is 377 g/mol. The second kappa shape index (κ2) is 7.63. The second-order valence-electron chi connectivity index (χ2n) is 8.63. The van der Waals surface area contributed by atoms with Gasteiger partial charge in [-0.2, -0.15) is 0 Å². The first kappa shape index (κ1) is 19.1. The van der Waals surface area contributed by atoms with Crippen molar-refractivity contribution in [3.63, 3.8) is 0 Å². The first-order valence-corrected chi connectivity index (χ1v) is 10.4. The van der Waals surface area contributed by atoms with E-state index in [0.717, 1.165) is 12.2 Å². The fourth-order valence-electron chi connectivity index (χ4n) is 5.06. The summed E-state index contributed by atoms with van der Waals surface area (Å²) in [6, 6.07) is 17.3. The van der Waals surface area contributed by atoms with Gasteiger partial charge in [0.25, 0.3) is 0 Å². The fourth-order valence-corrected chi connectivity index (χ4v) is 5.06. The van der Waals surface area contributed by atoms with E-state index in [1.165, 1.54) is 53.4 Å². The summed E-state index contributed by atoms with van der Waals surface area (Å²) in [5, 5.41) is 1.29. The molecule has 0 saturated heterocycles. The van der Waals surface area contributed by atoms with Gasteiger partial charge >= 0.3 is 0 Å². The number of likely N-dealkylation sites (N-methyl/N-ethyl adjacent to an activating group) is 1. The van der Waals surface area contributed by atoms with E-state index in [-0.39, 0.29) is 5.54 Å². The summed E-state index contributed by atoms with van der Waals surface area (Å²) < 4.78 is 5.42. The normalized spacial score (nSPS) is 22.7. The van der Waals surface area contributed by atoms with E-state index < -0.39 is 0 Å². The number of aromatic nitrogens is 1. The molecule has 0 amide bonds. The van der Waals surface area contributed by atoms with Crippen LogP contribution in [0.25, 0.3) is 10.9 Å². The number of nitrogens with zero attached hydrogens (tertiary/aromatic N) is 1. The first-order chi connectivity index (χ1) is 13.5. The van der Waals surface area contributed by atoms with Gasteiger partial charge in [-0.3, -0.25) is 0 Å². The molecule has 3 nitrogen and oxygen atoms in total. The zero-order valence-corrected chi connectivity index (χ0v) is 17.6. The lowest BCUT2D eigenvalue weighted by molar-refractivity contribution is 0.0920. The molecule has 0 aliphatic heterocycles. The number of hydrogen-bond acceptors (Lipinski definition) is 2. The molecule has 1 aromatic heterocycles. The van der Waals surface area contributed by atoms with Gasteiger partial charge in [-0.05, 0) is 88.4 Å². The molecule has 0 unspecified atom stereocenters. The molecule has 1 aliphatic carbocycles. The quantitative estimate of drug-likeness (QED) is 0.620. The molecule has 3 heteroatoms. The molecule has 0 radical (unpaired) electrons. The van der Waals surface area contributed by atoms with Crippen molar-refractivity contribution in [2.24, 2.45) is 0 Å². The minimum Gasteiger partial charge on any atom is -0.497 e. The van der Waals surface area contributed by atoms with Gasteiger partial charge in [0.15, 0.2) is 0 Å². The maximum atomic E-state index is 5.42. The number of nitrogens with one attached hydrogen (secondary N) is 1. The Kier molecular flexibility index (Phi) is 5.20. The number of aryl methyl sites for hydroxylation is 1. The number of benzene rings is 2. The minimum absolute atomic E-state index is 0.265. The van der Waals surface area contributed by atoms with Gasteiger partial charge in [-0.1, -0.05) is 30.3 Å². The number of H-pyrrole nitrogens is 1. The summed E-state index contributed by atoms with van der Waals surface area (Å²) in [6.07, 6.45) is 6.07. The zero-order chi connectivity index (χ0) is 19.7. The highest BCUT2D eigenvalue weighted by atomic mass is 16.5. The van der Waals surface area contributed by atoms with Crippen molar-refractivity contribution in [3.8, 4) is 5.75 Å². The largest absolute Gasteiger partial charge is 0.497 e. The lowest BCUT2D eigenvalue weighted by Crippen LogP contribution is -2.48. The van der Waals surface area contributed by atoms with E-state index in [9.17, 15) is 0 Å². The monoisotopic (exact) mass is 376 g/mol. The number of aromatic amines is 1. The maximum Gasteiger partial charge on any atom is 0.119 e. The van der Waals surface area contributed by atoms with Crippen LogP contribution in [0.2, 0.25) is 0 Å². The van der Waals surface area contributed by atoms with Gasteiger partial charge in [0.2, 0.25) is 0 Å². The molecular weight excluding hydrogens is 344 g/mol. The summed E-state index contributed by atoms with van der Waals surface area (Å²) in [6.45, 7) is 2.26. The van der Waals surface area contributed by atoms with Crippen LogP contribution in [0.1, 0.15) is 48.4 Å². The van der Waals surface area contributed by atoms with Crippen LogP contribution < -0.4 is 4.74 Å². The first-order valence-electron chi connectivity index (χ1n) is 10.4. The Bertz CT molecular complexity index is 934. The van der Waals surface area contributed by atoms with Gasteiger partial charge in [0.1, 0.15) is 5.75 Å². The summed E-state index contributed by atoms with van der Waals surface area (Å²) >= 11 is 0. The molecule has 1 fully saturated rings. The van der Waals surface area contributed by atoms with Crippen molar-refractivity contribution >= 4 is 10.9 Å². The van der Waals surface area contributed by atoms with Crippen LogP contribution in [-0.2, 0) is 6.42 Å². The van der Waals surface area contributed by atoms with E-state index in [2.05, 4.69) is 73.4 Å². The van der Waals surface area contributed by atoms with Crippen LogP contribution in [0.4, 0.5) is 0 Å². The van der Waals surface area contributed by atoms with Gasteiger partial charge in [0, 0.05) is 22.1 Å². The highest BCUT2D eigenvalue weighted by Gasteiger charge is 2.38. The molecule has 0 atom stereocenters. The molecule has 0 spiro atoms. The third kappa shape index (κ3) is 3.44. The van der Waals surface area contributed by atoms with E-state index in [1.807, 2.05) is 6.07 Å². The Hall–Kier alpha value is -2.26. The molecule has 2 aromatic carbocycles. The molecular formula is C25H32N2O. The van der Waals surface area contributed by atoms with Crippen molar-refractivity contribution < 1.29 is 4.74 Å². The SMILES string of the molecule is COc1ccc2[nH]c(C3CCC(Cc4ccccc4)(N(C)C)CC3)c(C)c2c1. The summed E-state index contributed by atoms with van der Waals surface area (Å²) in [5.74, 6) is 1.54. The highest BCUT2D eigenvalue weighted by Crippen LogP contribution is 2.43. The van der Waals surface area contributed by atoms with E-state index in [1.54, 1.807) is 7.11 Å². The average Bonchev–Trinajstić information content (AvgIpc) is 3.05. The Labute approximate surface area is 168 Å². The molecule has 1 N–H and O–H groups in total. The van der Waals surface area contributed by atoms with E-state index in [0.29, 0.717) is 5.92 Å². The third-order valence-electron chi connectivity index (χ3n) is 6.95. The van der Waals surface area contributed by atoms with Crippen LogP contribution in [0.15, 0.2) is 48.5 Å². The van der Waals surface area contributed by atoms with Crippen molar-refractivity contribution in [2.75, 3.05) is 21.2 Å². The van der Waals surface area contributed by atoms with Crippen molar-refractivity contribution in [1.82, 2.24) is 9.88 Å². The zero-order valence-electron chi connectivity index (χ0n) is 17.6. The fraction of sp³-hybridized carbons (Fsp3) is 0.440. The van der Waals surface area contributed by atoms with Crippen LogP contribution in [0.5, 0.6) is 5.75 Å². The predicted molar refractivity (Wildman–Crippen MR) is 117 cm³/mol. The number of fused-ring (bicyclic) bond motifs is 1. The molecule has 1 saturated carbocycles. The molecule has 3 aromatic rings. The maximum absolute atomic E-state index is 5.42. The second-order valence-corrected chi connectivity index (χ2v) is 8.63. The van der Waals surface area contributed by atoms with Crippen LogP contribution in [-0.4, -0.2) is 36.6 Å². The Balaban J connectivity index is 1.56. The molecule has 148 valence electrons. The highest BCUT2D eigenvalue weighted by molar-refractivity contribution is 5.86. The van der Waals surface area contributed by atoms with Gasteiger partial charge in [0.05, 0.1) is 7.11 Å². The van der Waals surface area contributed by atoms with Gasteiger partial charge < -0.3 is 14.6 Å². The van der Waals surface area contributed by atoms with Gasteiger partial charge in [-0.25, -0.2) is 0 Å². The summed E-state index contributed by atoms with van der Waals surface area (Å²) in [7, 11) is 6.24. The lowest BCUT2D eigenvalue weighted by atomic mass is 9.71. The van der Waals surface area contributed by atoms with E-state index in [4.69, 9.17) is 4.74 Å².